The van der Waals surface area contributed by atoms with E-state index in [2.05, 4.69) is 5.32 Å². The fraction of sp³-hybridized carbons (Fsp3) is 0.364. The molecular formula is C11H15NO3. The number of carboxylic acids is 1. The molecule has 1 aromatic rings. The first-order valence-electron chi connectivity index (χ1n) is 4.78. The molecule has 0 aliphatic heterocycles. The highest BCUT2D eigenvalue weighted by Crippen LogP contribution is 2.12. The van der Waals surface area contributed by atoms with Crippen LogP contribution in [0.5, 0.6) is 5.75 Å². The number of carbonyl (C=O) groups is 1. The summed E-state index contributed by atoms with van der Waals surface area (Å²) in [5.41, 5.74) is 1.01. The van der Waals surface area contributed by atoms with Crippen LogP contribution in [0.25, 0.3) is 0 Å². The quantitative estimate of drug-likeness (QED) is 0.676. The average molecular weight is 209 g/mol. The Morgan fingerprint density at radius 2 is 2.00 bits per heavy atom. The maximum atomic E-state index is 10.5. The molecule has 0 spiro atoms. The second-order valence-electron chi connectivity index (χ2n) is 3.45. The van der Waals surface area contributed by atoms with Gasteiger partial charge in [-0.15, -0.1) is 0 Å². The Balaban J connectivity index is 2.58. The van der Waals surface area contributed by atoms with E-state index in [0.29, 0.717) is 6.42 Å². The van der Waals surface area contributed by atoms with Crippen molar-refractivity contribution in [3.63, 3.8) is 0 Å². The van der Waals surface area contributed by atoms with Crippen LogP contribution in [0.2, 0.25) is 0 Å². The van der Waals surface area contributed by atoms with Gasteiger partial charge in [-0.25, -0.2) is 0 Å². The zero-order valence-corrected chi connectivity index (χ0v) is 8.60. The molecule has 3 N–H and O–H groups in total. The van der Waals surface area contributed by atoms with E-state index < -0.39 is 5.97 Å². The van der Waals surface area contributed by atoms with E-state index in [9.17, 15) is 4.79 Å². The van der Waals surface area contributed by atoms with Crippen molar-refractivity contribution in [1.82, 2.24) is 5.32 Å². The molecule has 0 amide bonds. The lowest BCUT2D eigenvalue weighted by atomic mass is 10.0. The summed E-state index contributed by atoms with van der Waals surface area (Å²) in [7, 11) is 1.74. The zero-order valence-electron chi connectivity index (χ0n) is 8.60. The third-order valence-electron chi connectivity index (χ3n) is 2.25. The predicted molar refractivity (Wildman–Crippen MR) is 56.9 cm³/mol. The second kappa shape index (κ2) is 5.36. The molecule has 1 atom stereocenters. The highest BCUT2D eigenvalue weighted by atomic mass is 16.4. The van der Waals surface area contributed by atoms with Crippen molar-refractivity contribution in [3.8, 4) is 5.75 Å². The van der Waals surface area contributed by atoms with Crippen molar-refractivity contribution in [2.24, 2.45) is 0 Å². The van der Waals surface area contributed by atoms with Gasteiger partial charge in [0, 0.05) is 6.04 Å². The molecule has 0 fully saturated rings. The number of phenols is 1. The van der Waals surface area contributed by atoms with Gasteiger partial charge in [-0.1, -0.05) is 12.1 Å². The standard InChI is InChI=1S/C11H15NO3/c1-12-9(7-11(14)15)6-8-2-4-10(13)5-3-8/h2-5,9,12-13H,6-7H2,1H3,(H,14,15)/t9-/m0/s1. The Hall–Kier alpha value is -1.55. The number of aliphatic carboxylic acids is 1. The first kappa shape index (κ1) is 11.5. The maximum Gasteiger partial charge on any atom is 0.304 e. The largest absolute Gasteiger partial charge is 0.508 e. The van der Waals surface area contributed by atoms with Crippen LogP contribution >= 0.6 is 0 Å². The lowest BCUT2D eigenvalue weighted by Gasteiger charge is -2.13. The number of likely N-dealkylation sites (N-methyl/N-ethyl adjacent to an activating group) is 1. The molecule has 1 aromatic carbocycles. The van der Waals surface area contributed by atoms with Crippen LogP contribution < -0.4 is 5.32 Å². The first-order chi connectivity index (χ1) is 7.11. The third kappa shape index (κ3) is 3.99. The third-order valence-corrected chi connectivity index (χ3v) is 2.25. The van der Waals surface area contributed by atoms with E-state index in [0.717, 1.165) is 5.56 Å². The van der Waals surface area contributed by atoms with Gasteiger partial charge in [0.25, 0.3) is 0 Å². The molecule has 0 unspecified atom stereocenters. The topological polar surface area (TPSA) is 69.6 Å². The summed E-state index contributed by atoms with van der Waals surface area (Å²) in [4.78, 5) is 10.5. The van der Waals surface area contributed by atoms with E-state index >= 15 is 0 Å². The van der Waals surface area contributed by atoms with Crippen LogP contribution in [-0.4, -0.2) is 29.3 Å². The smallest absolute Gasteiger partial charge is 0.304 e. The zero-order chi connectivity index (χ0) is 11.3. The van der Waals surface area contributed by atoms with Crippen LogP contribution in [0.1, 0.15) is 12.0 Å². The molecule has 1 rings (SSSR count). The fourth-order valence-corrected chi connectivity index (χ4v) is 1.40. The maximum absolute atomic E-state index is 10.5. The normalized spacial score (nSPS) is 12.3. The number of phenolic OH excluding ortho intramolecular Hbond substituents is 1. The summed E-state index contributed by atoms with van der Waals surface area (Å²) in [6.45, 7) is 0. The Morgan fingerprint density at radius 3 is 2.47 bits per heavy atom. The Kier molecular flexibility index (Phi) is 4.12. The molecule has 0 radical (unpaired) electrons. The van der Waals surface area contributed by atoms with Crippen LogP contribution in [0.15, 0.2) is 24.3 Å². The van der Waals surface area contributed by atoms with Gasteiger partial charge in [0.1, 0.15) is 5.75 Å². The Bertz CT molecular complexity index is 321. The number of nitrogens with one attached hydrogen (secondary N) is 1. The molecule has 0 aliphatic rings. The Labute approximate surface area is 88.6 Å². The van der Waals surface area contributed by atoms with Crippen molar-refractivity contribution >= 4 is 5.97 Å². The molecule has 0 bridgehead atoms. The van der Waals surface area contributed by atoms with Gasteiger partial charge in [0.05, 0.1) is 6.42 Å². The predicted octanol–water partition coefficient (Wildman–Crippen LogP) is 0.997. The fourth-order valence-electron chi connectivity index (χ4n) is 1.40. The van der Waals surface area contributed by atoms with Gasteiger partial charge < -0.3 is 15.5 Å². The number of carboxylic acid groups (broad SMARTS) is 1. The number of hydrogen-bond donors (Lipinski definition) is 3. The number of rotatable bonds is 5. The average Bonchev–Trinajstić information content (AvgIpc) is 2.19. The van der Waals surface area contributed by atoms with E-state index in [1.54, 1.807) is 31.3 Å². The van der Waals surface area contributed by atoms with Crippen molar-refractivity contribution in [2.75, 3.05) is 7.05 Å². The minimum Gasteiger partial charge on any atom is -0.508 e. The van der Waals surface area contributed by atoms with Crippen LogP contribution in [0.4, 0.5) is 0 Å². The van der Waals surface area contributed by atoms with E-state index in [4.69, 9.17) is 10.2 Å². The van der Waals surface area contributed by atoms with Gasteiger partial charge in [0.2, 0.25) is 0 Å². The number of aromatic hydroxyl groups is 1. The van der Waals surface area contributed by atoms with E-state index in [-0.39, 0.29) is 18.2 Å². The molecule has 0 aliphatic carbocycles. The summed E-state index contributed by atoms with van der Waals surface area (Å²) < 4.78 is 0. The molecule has 0 saturated heterocycles. The molecule has 15 heavy (non-hydrogen) atoms. The monoisotopic (exact) mass is 209 g/mol. The summed E-state index contributed by atoms with van der Waals surface area (Å²) in [6.07, 6.45) is 0.737. The van der Waals surface area contributed by atoms with Gasteiger partial charge in [0.15, 0.2) is 0 Å². The SMILES string of the molecule is CN[C@H](CC(=O)O)Cc1ccc(O)cc1. The van der Waals surface area contributed by atoms with Gasteiger partial charge in [-0.3, -0.25) is 4.79 Å². The van der Waals surface area contributed by atoms with Crippen molar-refractivity contribution in [3.05, 3.63) is 29.8 Å². The highest BCUT2D eigenvalue weighted by Gasteiger charge is 2.11. The van der Waals surface area contributed by atoms with E-state index in [1.807, 2.05) is 0 Å². The van der Waals surface area contributed by atoms with Crippen LogP contribution in [0, 0.1) is 0 Å². The molecule has 4 nitrogen and oxygen atoms in total. The molecule has 0 aromatic heterocycles. The van der Waals surface area contributed by atoms with Gasteiger partial charge >= 0.3 is 5.97 Å². The number of benzene rings is 1. The molecule has 0 heterocycles. The molecule has 82 valence electrons. The van der Waals surface area contributed by atoms with Crippen molar-refractivity contribution in [1.29, 1.82) is 0 Å². The first-order valence-corrected chi connectivity index (χ1v) is 4.78. The second-order valence-corrected chi connectivity index (χ2v) is 3.45. The molecular weight excluding hydrogens is 194 g/mol. The lowest BCUT2D eigenvalue weighted by Crippen LogP contribution is -2.30. The van der Waals surface area contributed by atoms with Crippen LogP contribution in [-0.2, 0) is 11.2 Å². The lowest BCUT2D eigenvalue weighted by molar-refractivity contribution is -0.137. The van der Waals surface area contributed by atoms with Gasteiger partial charge in [-0.05, 0) is 31.2 Å². The molecule has 0 saturated carbocycles. The summed E-state index contributed by atoms with van der Waals surface area (Å²) >= 11 is 0. The van der Waals surface area contributed by atoms with Crippen LogP contribution in [0.3, 0.4) is 0 Å². The van der Waals surface area contributed by atoms with E-state index in [1.165, 1.54) is 0 Å². The van der Waals surface area contributed by atoms with Crippen molar-refractivity contribution < 1.29 is 15.0 Å². The Morgan fingerprint density at radius 1 is 1.40 bits per heavy atom. The van der Waals surface area contributed by atoms with Crippen molar-refractivity contribution in [2.45, 2.75) is 18.9 Å². The highest BCUT2D eigenvalue weighted by molar-refractivity contribution is 5.67. The summed E-state index contributed by atoms with van der Waals surface area (Å²) in [6, 6.07) is 6.71. The minimum atomic E-state index is -0.812. The summed E-state index contributed by atoms with van der Waals surface area (Å²) in [5, 5.41) is 20.7. The molecule has 4 heteroatoms. The number of hydrogen-bond acceptors (Lipinski definition) is 3. The summed E-state index contributed by atoms with van der Waals surface area (Å²) in [5.74, 6) is -0.592. The van der Waals surface area contributed by atoms with Gasteiger partial charge in [-0.2, -0.15) is 0 Å². The minimum absolute atomic E-state index is 0.0768.